The van der Waals surface area contributed by atoms with Crippen LogP contribution in [0.1, 0.15) is 71.4 Å². The van der Waals surface area contributed by atoms with Gasteiger partial charge in [0, 0.05) is 19.5 Å². The topological polar surface area (TPSA) is 158 Å². The van der Waals surface area contributed by atoms with Crippen molar-refractivity contribution in [3.63, 3.8) is 0 Å². The number of benzene rings is 2. The van der Waals surface area contributed by atoms with Crippen molar-refractivity contribution in [1.82, 2.24) is 26.2 Å². The van der Waals surface area contributed by atoms with E-state index >= 15 is 0 Å². The summed E-state index contributed by atoms with van der Waals surface area (Å²) in [5, 5.41) is 11.7. The van der Waals surface area contributed by atoms with Crippen LogP contribution in [0.15, 0.2) is 60.7 Å². The van der Waals surface area contributed by atoms with Gasteiger partial charge in [-0.2, -0.15) is 0 Å². The molecule has 0 unspecified atom stereocenters. The average Bonchev–Trinajstić information content (AvgIpc) is 3.88. The van der Waals surface area contributed by atoms with Crippen LogP contribution >= 0.6 is 0 Å². The number of Topliss-reactive ketones (excluding diaryl/α,β-unsaturated/α-hetero) is 1. The number of aryl methyl sites for hydroxylation is 1. The Labute approximate surface area is 314 Å². The Morgan fingerprint density at radius 3 is 1.79 bits per heavy atom. The summed E-state index contributed by atoms with van der Waals surface area (Å²) in [5.41, 5.74) is 1.03. The van der Waals surface area contributed by atoms with Crippen LogP contribution in [0.4, 0.5) is 0 Å². The SMILES string of the molecule is CC(C)C[C@H](NC(=O)[C@H](CCCc1ccccc1)NC(=O)CN1CCOCC1)C(=O)N[C@@H](Cc1ccccc1)C(=O)N[C@@H](CC(C)C)C(=O)[C@@]1(C)CO1. The minimum atomic E-state index is -1.03. The van der Waals surface area contributed by atoms with Gasteiger partial charge in [-0.15, -0.1) is 0 Å². The van der Waals surface area contributed by atoms with E-state index in [-0.39, 0.29) is 36.5 Å². The molecule has 0 aliphatic carbocycles. The first-order valence-corrected chi connectivity index (χ1v) is 19.1. The van der Waals surface area contributed by atoms with Crippen LogP contribution in [0.3, 0.4) is 0 Å². The molecular formula is C41H59N5O7. The van der Waals surface area contributed by atoms with Gasteiger partial charge in [-0.05, 0) is 62.0 Å². The van der Waals surface area contributed by atoms with Gasteiger partial charge < -0.3 is 30.7 Å². The van der Waals surface area contributed by atoms with E-state index in [9.17, 15) is 24.0 Å². The lowest BCUT2D eigenvalue weighted by Gasteiger charge is -2.29. The van der Waals surface area contributed by atoms with Crippen LogP contribution < -0.4 is 21.3 Å². The van der Waals surface area contributed by atoms with Gasteiger partial charge in [0.2, 0.25) is 23.6 Å². The number of ketones is 1. The Balaban J connectivity index is 1.50. The zero-order chi connectivity index (χ0) is 38.4. The van der Waals surface area contributed by atoms with Crippen LogP contribution in [0.25, 0.3) is 0 Å². The second kappa shape index (κ2) is 20.4. The van der Waals surface area contributed by atoms with E-state index in [0.717, 1.165) is 17.5 Å². The Kier molecular flexibility index (Phi) is 16.0. The minimum Gasteiger partial charge on any atom is -0.379 e. The smallest absolute Gasteiger partial charge is 0.243 e. The molecule has 2 aliphatic rings. The first-order valence-electron chi connectivity index (χ1n) is 19.1. The largest absolute Gasteiger partial charge is 0.379 e. The van der Waals surface area contributed by atoms with Gasteiger partial charge in [-0.1, -0.05) is 88.4 Å². The van der Waals surface area contributed by atoms with Crippen molar-refractivity contribution >= 4 is 29.4 Å². The normalized spacial score (nSPS) is 19.5. The first kappa shape index (κ1) is 41.6. The van der Waals surface area contributed by atoms with Crippen molar-refractivity contribution in [2.45, 2.75) is 103 Å². The zero-order valence-electron chi connectivity index (χ0n) is 32.0. The third-order valence-electron chi connectivity index (χ3n) is 9.62. The number of nitrogens with one attached hydrogen (secondary N) is 4. The molecule has 2 aromatic carbocycles. The maximum atomic E-state index is 14.1. The molecule has 0 saturated carbocycles. The van der Waals surface area contributed by atoms with Crippen molar-refractivity contribution in [3.8, 4) is 0 Å². The summed E-state index contributed by atoms with van der Waals surface area (Å²) >= 11 is 0. The summed E-state index contributed by atoms with van der Waals surface area (Å²) in [6.45, 7) is 12.4. The zero-order valence-corrected chi connectivity index (χ0v) is 32.0. The van der Waals surface area contributed by atoms with Gasteiger partial charge in [0.25, 0.3) is 0 Å². The van der Waals surface area contributed by atoms with Gasteiger partial charge in [0.1, 0.15) is 23.7 Å². The van der Waals surface area contributed by atoms with Crippen LogP contribution in [0.5, 0.6) is 0 Å². The minimum absolute atomic E-state index is 0.0206. The third-order valence-corrected chi connectivity index (χ3v) is 9.62. The second-order valence-corrected chi connectivity index (χ2v) is 15.4. The average molecular weight is 734 g/mol. The summed E-state index contributed by atoms with van der Waals surface area (Å²) in [6, 6.07) is 15.6. The van der Waals surface area contributed by atoms with E-state index in [0.29, 0.717) is 58.6 Å². The van der Waals surface area contributed by atoms with Crippen molar-refractivity contribution in [3.05, 3.63) is 71.8 Å². The van der Waals surface area contributed by atoms with Crippen molar-refractivity contribution in [1.29, 1.82) is 0 Å². The fourth-order valence-electron chi connectivity index (χ4n) is 6.53. The summed E-state index contributed by atoms with van der Waals surface area (Å²) < 4.78 is 10.8. The number of hydrogen-bond donors (Lipinski definition) is 4. The highest BCUT2D eigenvalue weighted by Crippen LogP contribution is 2.29. The fourth-order valence-corrected chi connectivity index (χ4v) is 6.53. The van der Waals surface area contributed by atoms with Gasteiger partial charge in [-0.25, -0.2) is 0 Å². The highest BCUT2D eigenvalue weighted by Gasteiger charge is 2.50. The predicted molar refractivity (Wildman–Crippen MR) is 203 cm³/mol. The van der Waals surface area contributed by atoms with E-state index < -0.39 is 47.5 Å². The van der Waals surface area contributed by atoms with Gasteiger partial charge in [-0.3, -0.25) is 28.9 Å². The molecule has 2 fully saturated rings. The van der Waals surface area contributed by atoms with E-state index in [1.807, 2.05) is 93.3 Å². The summed E-state index contributed by atoms with van der Waals surface area (Å²) in [7, 11) is 0. The molecule has 0 aromatic heterocycles. The lowest BCUT2D eigenvalue weighted by molar-refractivity contribution is -0.135. The third kappa shape index (κ3) is 14.0. The van der Waals surface area contributed by atoms with E-state index in [2.05, 4.69) is 21.3 Å². The van der Waals surface area contributed by atoms with Crippen LogP contribution in [0, 0.1) is 11.8 Å². The molecule has 290 valence electrons. The molecule has 0 spiro atoms. The predicted octanol–water partition coefficient (Wildman–Crippen LogP) is 2.97. The Morgan fingerprint density at radius 1 is 0.698 bits per heavy atom. The Bertz CT molecular complexity index is 1490. The molecule has 4 rings (SSSR count). The number of nitrogens with zero attached hydrogens (tertiary/aromatic N) is 1. The number of rotatable bonds is 21. The van der Waals surface area contributed by atoms with Crippen LogP contribution in [-0.4, -0.2) is 104 Å². The molecule has 12 heteroatoms. The van der Waals surface area contributed by atoms with Crippen molar-refractivity contribution in [2.75, 3.05) is 39.5 Å². The number of epoxide rings is 1. The molecule has 2 aromatic rings. The molecule has 2 saturated heterocycles. The molecule has 2 heterocycles. The molecule has 53 heavy (non-hydrogen) atoms. The summed E-state index contributed by atoms with van der Waals surface area (Å²) in [6.07, 6.45) is 2.64. The molecule has 0 radical (unpaired) electrons. The van der Waals surface area contributed by atoms with Crippen molar-refractivity contribution < 1.29 is 33.4 Å². The number of hydrogen-bond acceptors (Lipinski definition) is 8. The number of carbonyl (C=O) groups is 5. The van der Waals surface area contributed by atoms with E-state index in [1.54, 1.807) is 6.92 Å². The quantitative estimate of drug-likeness (QED) is 0.143. The summed E-state index contributed by atoms with van der Waals surface area (Å²) in [4.78, 5) is 70.6. The molecule has 0 bridgehead atoms. The molecule has 4 amide bonds. The maximum absolute atomic E-state index is 14.1. The van der Waals surface area contributed by atoms with Crippen LogP contribution in [0.2, 0.25) is 0 Å². The second-order valence-electron chi connectivity index (χ2n) is 15.4. The van der Waals surface area contributed by atoms with Gasteiger partial charge in [0.05, 0.1) is 32.4 Å². The lowest BCUT2D eigenvalue weighted by Crippen LogP contribution is -2.59. The Hall–Kier alpha value is -4.13. The molecule has 2 aliphatic heterocycles. The highest BCUT2D eigenvalue weighted by atomic mass is 16.6. The summed E-state index contributed by atoms with van der Waals surface area (Å²) in [5.74, 6) is -1.79. The fraction of sp³-hybridized carbons (Fsp3) is 0.585. The first-order chi connectivity index (χ1) is 25.3. The van der Waals surface area contributed by atoms with Gasteiger partial charge >= 0.3 is 0 Å². The number of carbonyl (C=O) groups excluding carboxylic acids is 5. The van der Waals surface area contributed by atoms with E-state index in [1.165, 1.54) is 0 Å². The van der Waals surface area contributed by atoms with Gasteiger partial charge in [0.15, 0.2) is 5.78 Å². The Morgan fingerprint density at radius 2 is 1.21 bits per heavy atom. The maximum Gasteiger partial charge on any atom is 0.243 e. The standard InChI is InChI=1S/C41H59N5O7/c1-28(2)23-33(37(48)41(5)27-53-41)43-40(51)35(25-31-15-10-7-11-16-31)45-39(50)34(24-29(3)4)44-38(49)32(18-12-17-30-13-8-6-9-14-30)42-36(47)26-46-19-21-52-22-20-46/h6-11,13-16,28-29,32-35H,12,17-27H2,1-5H3,(H,42,47)(H,43,51)(H,44,49)(H,45,50)/t32-,33-,34-,35-,41+/m0/s1. The number of ether oxygens (including phenoxy) is 2. The van der Waals surface area contributed by atoms with Crippen LogP contribution in [-0.2, 0) is 46.3 Å². The molecule has 12 nitrogen and oxygen atoms in total. The number of morpholine rings is 1. The lowest BCUT2D eigenvalue weighted by atomic mass is 9.93. The molecule has 5 atom stereocenters. The molecular weight excluding hydrogens is 674 g/mol. The molecule has 4 N–H and O–H groups in total. The monoisotopic (exact) mass is 733 g/mol. The van der Waals surface area contributed by atoms with E-state index in [4.69, 9.17) is 9.47 Å². The highest BCUT2D eigenvalue weighted by molar-refractivity contribution is 5.98. The van der Waals surface area contributed by atoms with Crippen molar-refractivity contribution in [2.24, 2.45) is 11.8 Å². The number of amides is 4.